The van der Waals surface area contributed by atoms with Gasteiger partial charge in [-0.05, 0) is 48.0 Å². The second-order valence-corrected chi connectivity index (χ2v) is 8.66. The van der Waals surface area contributed by atoms with Crippen LogP contribution in [0.2, 0.25) is 8.67 Å². The number of aryl methyl sites for hydroxylation is 1. The molecule has 0 aliphatic carbocycles. The molecule has 2 heterocycles. The fourth-order valence-corrected chi connectivity index (χ4v) is 5.39. The Kier molecular flexibility index (Phi) is 5.76. The summed E-state index contributed by atoms with van der Waals surface area (Å²) in [6.45, 7) is 5.21. The van der Waals surface area contributed by atoms with Gasteiger partial charge in [0.1, 0.15) is 0 Å². The summed E-state index contributed by atoms with van der Waals surface area (Å²) < 4.78 is 2.62. The summed E-state index contributed by atoms with van der Waals surface area (Å²) in [6.07, 6.45) is 1.08. The monoisotopic (exact) mass is 397 g/mol. The van der Waals surface area contributed by atoms with Crippen molar-refractivity contribution in [1.82, 2.24) is 5.32 Å². The summed E-state index contributed by atoms with van der Waals surface area (Å²) in [7, 11) is 0. The van der Waals surface area contributed by atoms with Gasteiger partial charge in [-0.2, -0.15) is 0 Å². The van der Waals surface area contributed by atoms with Crippen LogP contribution in [-0.4, -0.2) is 6.54 Å². The number of rotatable bonds is 5. The Morgan fingerprint density at radius 2 is 2.05 bits per heavy atom. The van der Waals surface area contributed by atoms with Crippen LogP contribution < -0.4 is 5.32 Å². The number of hydrogen-bond acceptors (Lipinski definition) is 3. The Morgan fingerprint density at radius 3 is 2.53 bits per heavy atom. The highest BCUT2D eigenvalue weighted by Gasteiger charge is 2.22. The molecule has 19 heavy (non-hydrogen) atoms. The van der Waals surface area contributed by atoms with Crippen molar-refractivity contribution in [2.24, 2.45) is 0 Å². The molecule has 2 aromatic rings. The van der Waals surface area contributed by atoms with E-state index in [0.717, 1.165) is 31.7 Å². The highest BCUT2D eigenvalue weighted by molar-refractivity contribution is 9.10. The third-order valence-electron chi connectivity index (χ3n) is 2.69. The predicted molar refractivity (Wildman–Crippen MR) is 91.2 cm³/mol. The van der Waals surface area contributed by atoms with Gasteiger partial charge in [-0.3, -0.25) is 0 Å². The van der Waals surface area contributed by atoms with Crippen molar-refractivity contribution >= 4 is 61.8 Å². The Hall–Kier alpha value is 0.420. The lowest BCUT2D eigenvalue weighted by Crippen LogP contribution is -2.22. The molecule has 0 saturated heterocycles. The van der Waals surface area contributed by atoms with Crippen LogP contribution in [0.5, 0.6) is 0 Å². The van der Waals surface area contributed by atoms with Crippen LogP contribution >= 0.6 is 61.8 Å². The molecule has 1 unspecified atom stereocenters. The summed E-state index contributed by atoms with van der Waals surface area (Å²) >= 11 is 19.2. The third kappa shape index (κ3) is 3.74. The van der Waals surface area contributed by atoms with Crippen molar-refractivity contribution in [1.29, 1.82) is 0 Å². The van der Waals surface area contributed by atoms with Gasteiger partial charge in [0.15, 0.2) is 0 Å². The van der Waals surface area contributed by atoms with Gasteiger partial charge >= 0.3 is 0 Å². The second-order valence-electron chi connectivity index (χ2n) is 4.24. The molecule has 0 bridgehead atoms. The number of nitrogens with one attached hydrogen (secondary N) is 1. The molecule has 6 heteroatoms. The minimum Gasteiger partial charge on any atom is -0.305 e. The first-order valence-electron chi connectivity index (χ1n) is 5.96. The predicted octanol–water partition coefficient (Wildman–Crippen LogP) is 6.28. The summed E-state index contributed by atoms with van der Waals surface area (Å²) in [6, 6.07) is 4.20. The lowest BCUT2D eigenvalue weighted by atomic mass is 10.1. The van der Waals surface area contributed by atoms with Gasteiger partial charge in [-0.1, -0.05) is 30.1 Å². The Labute approximate surface area is 140 Å². The summed E-state index contributed by atoms with van der Waals surface area (Å²) in [4.78, 5) is 2.53. The van der Waals surface area contributed by atoms with Crippen molar-refractivity contribution in [3.8, 4) is 0 Å². The number of hydrogen-bond donors (Lipinski definition) is 1. The zero-order valence-electron chi connectivity index (χ0n) is 10.6. The van der Waals surface area contributed by atoms with Gasteiger partial charge in [0.2, 0.25) is 0 Å². The van der Waals surface area contributed by atoms with Crippen molar-refractivity contribution in [3.05, 3.63) is 40.6 Å². The quantitative estimate of drug-likeness (QED) is 0.625. The van der Waals surface area contributed by atoms with E-state index in [2.05, 4.69) is 41.2 Å². The molecule has 1 nitrogen and oxygen atoms in total. The molecular weight excluding hydrogens is 385 g/mol. The molecule has 0 amide bonds. The van der Waals surface area contributed by atoms with Crippen LogP contribution in [0.3, 0.4) is 0 Å². The van der Waals surface area contributed by atoms with E-state index >= 15 is 0 Å². The highest BCUT2D eigenvalue weighted by atomic mass is 79.9. The summed E-state index contributed by atoms with van der Waals surface area (Å²) in [5.41, 5.74) is 1.06. The van der Waals surface area contributed by atoms with Crippen LogP contribution in [0.15, 0.2) is 16.6 Å². The zero-order chi connectivity index (χ0) is 14.0. The smallest absolute Gasteiger partial charge is 0.0995 e. The summed E-state index contributed by atoms with van der Waals surface area (Å²) in [5, 5.41) is 3.55. The standard InChI is InChI=1S/C13H14BrCl2NS2/c1-3-4-17-11(8-6-10(15)19-13(8)16)12-9(14)5-7(2)18-12/h5-6,11,17H,3-4H2,1-2H3. The Balaban J connectivity index is 2.41. The van der Waals surface area contributed by atoms with Crippen LogP contribution in [0.25, 0.3) is 0 Å². The van der Waals surface area contributed by atoms with Crippen molar-refractivity contribution in [2.75, 3.05) is 6.54 Å². The molecule has 0 radical (unpaired) electrons. The SMILES string of the molecule is CCCNC(c1cc(Cl)sc1Cl)c1sc(C)cc1Br. The minimum absolute atomic E-state index is 0.101. The molecule has 0 aliphatic heterocycles. The molecule has 0 spiro atoms. The van der Waals surface area contributed by atoms with E-state index in [1.807, 2.05) is 6.07 Å². The van der Waals surface area contributed by atoms with Crippen molar-refractivity contribution < 1.29 is 0 Å². The first-order valence-corrected chi connectivity index (χ1v) is 9.15. The minimum atomic E-state index is 0.101. The molecule has 1 atom stereocenters. The maximum atomic E-state index is 6.31. The lowest BCUT2D eigenvalue weighted by Gasteiger charge is -2.17. The Bertz CT molecular complexity index is 519. The van der Waals surface area contributed by atoms with E-state index in [4.69, 9.17) is 23.2 Å². The van der Waals surface area contributed by atoms with Crippen molar-refractivity contribution in [3.63, 3.8) is 0 Å². The van der Waals surface area contributed by atoms with Crippen LogP contribution in [0.1, 0.15) is 34.7 Å². The second kappa shape index (κ2) is 6.92. The van der Waals surface area contributed by atoms with E-state index in [1.165, 1.54) is 21.1 Å². The molecule has 0 aromatic carbocycles. The maximum absolute atomic E-state index is 6.31. The zero-order valence-corrected chi connectivity index (χ0v) is 15.3. The number of thiophene rings is 2. The Morgan fingerprint density at radius 1 is 1.32 bits per heavy atom. The lowest BCUT2D eigenvalue weighted by molar-refractivity contribution is 0.606. The molecule has 104 valence electrons. The first kappa shape index (κ1) is 15.8. The van der Waals surface area contributed by atoms with E-state index in [-0.39, 0.29) is 6.04 Å². The first-order chi connectivity index (χ1) is 9.02. The maximum Gasteiger partial charge on any atom is 0.0995 e. The van der Waals surface area contributed by atoms with Crippen molar-refractivity contribution in [2.45, 2.75) is 26.3 Å². The highest BCUT2D eigenvalue weighted by Crippen LogP contribution is 2.42. The van der Waals surface area contributed by atoms with Crippen LogP contribution in [0.4, 0.5) is 0 Å². The summed E-state index contributed by atoms with van der Waals surface area (Å²) in [5.74, 6) is 0. The van der Waals surface area contributed by atoms with E-state index < -0.39 is 0 Å². The third-order valence-corrected chi connectivity index (χ3v) is 6.24. The molecule has 0 aliphatic rings. The fraction of sp³-hybridized carbons (Fsp3) is 0.385. The largest absolute Gasteiger partial charge is 0.305 e. The van der Waals surface area contributed by atoms with Gasteiger partial charge in [0.05, 0.1) is 14.7 Å². The van der Waals surface area contributed by atoms with Gasteiger partial charge in [-0.15, -0.1) is 22.7 Å². The van der Waals surface area contributed by atoms with Crippen LogP contribution in [0, 0.1) is 6.92 Å². The molecule has 2 rings (SSSR count). The van der Waals surface area contributed by atoms with Gasteiger partial charge in [0, 0.05) is 19.8 Å². The number of halogens is 3. The topological polar surface area (TPSA) is 12.0 Å². The molecule has 0 saturated carbocycles. The molecule has 2 aromatic heterocycles. The van der Waals surface area contributed by atoms with Gasteiger partial charge < -0.3 is 5.32 Å². The van der Waals surface area contributed by atoms with Gasteiger partial charge in [-0.25, -0.2) is 0 Å². The average Bonchev–Trinajstić information content (AvgIpc) is 2.83. The van der Waals surface area contributed by atoms with E-state index in [0.29, 0.717) is 0 Å². The van der Waals surface area contributed by atoms with E-state index in [1.54, 1.807) is 11.3 Å². The molecule has 1 N–H and O–H groups in total. The average molecular weight is 399 g/mol. The van der Waals surface area contributed by atoms with Crippen LogP contribution in [-0.2, 0) is 0 Å². The normalized spacial score (nSPS) is 12.9. The molecule has 0 fully saturated rings. The van der Waals surface area contributed by atoms with Gasteiger partial charge in [0.25, 0.3) is 0 Å². The molecular formula is C13H14BrCl2NS2. The van der Waals surface area contributed by atoms with E-state index in [9.17, 15) is 0 Å². The fourth-order valence-electron chi connectivity index (χ4n) is 1.88.